The van der Waals surface area contributed by atoms with Gasteiger partial charge in [0.1, 0.15) is 57.0 Å². The molecule has 6 aromatic carbocycles. The van der Waals surface area contributed by atoms with Gasteiger partial charge in [0.2, 0.25) is 11.6 Å². The quantitative estimate of drug-likeness (QED) is 0.0524. The topological polar surface area (TPSA) is 0 Å². The van der Waals surface area contributed by atoms with Crippen molar-refractivity contribution in [1.29, 1.82) is 0 Å². The maximum atomic E-state index is 17.1. The first-order chi connectivity index (χ1) is 25.1. The molecule has 0 saturated heterocycles. The monoisotopic (exact) mass is 770 g/mol. The highest BCUT2D eigenvalue weighted by molar-refractivity contribution is 8.01. The summed E-state index contributed by atoms with van der Waals surface area (Å²) >= 11 is 0. The van der Waals surface area contributed by atoms with Crippen molar-refractivity contribution in [2.75, 3.05) is 0 Å². The SMILES string of the molecule is C[B-](c1c(F)c(F)c(F)c(F)c1F)(c1c(F)c(F)c(F)c(F)c1F)c1c(F)c(F)c([P+](c2ccccc2)(c2ccccc2)c2ccccc2)c(F)c1F. The van der Waals surface area contributed by atoms with Crippen molar-refractivity contribution in [3.05, 3.63) is 172 Å². The average Bonchev–Trinajstić information content (AvgIpc) is 3.17. The van der Waals surface area contributed by atoms with Crippen LogP contribution in [0, 0.1) is 81.4 Å². The lowest BCUT2D eigenvalue weighted by atomic mass is 9.16. The first kappa shape index (κ1) is 37.6. The van der Waals surface area contributed by atoms with Gasteiger partial charge < -0.3 is 0 Å². The predicted octanol–water partition coefficient (Wildman–Crippen LogP) is 7.35. The second-order valence-corrected chi connectivity index (χ2v) is 15.3. The number of rotatable bonds is 7. The highest BCUT2D eigenvalue weighted by atomic mass is 31.2. The van der Waals surface area contributed by atoms with Gasteiger partial charge in [-0.25, -0.2) is 52.7 Å². The molecule has 0 saturated carbocycles. The summed E-state index contributed by atoms with van der Waals surface area (Å²) < 4.78 is 217. The minimum absolute atomic E-state index is 0.0510. The highest BCUT2D eigenvalue weighted by Crippen LogP contribution is 2.55. The van der Waals surface area contributed by atoms with Gasteiger partial charge in [0.25, 0.3) is 0 Å². The Kier molecular flexibility index (Phi) is 9.70. The lowest BCUT2D eigenvalue weighted by Crippen LogP contribution is -2.71. The summed E-state index contributed by atoms with van der Waals surface area (Å²) in [5.41, 5.74) is -7.50. The molecule has 6 rings (SSSR count). The molecule has 0 aliphatic rings. The predicted molar refractivity (Wildman–Crippen MR) is 174 cm³/mol. The molecule has 0 spiro atoms. The van der Waals surface area contributed by atoms with Crippen molar-refractivity contribution in [1.82, 2.24) is 0 Å². The third-order valence-corrected chi connectivity index (χ3v) is 13.5. The highest BCUT2D eigenvalue weighted by Gasteiger charge is 2.55. The first-order valence-corrected chi connectivity index (χ1v) is 17.0. The van der Waals surface area contributed by atoms with Gasteiger partial charge in [-0.05, 0) is 36.4 Å². The van der Waals surface area contributed by atoms with Gasteiger partial charge >= 0.3 is 0 Å². The molecule has 0 aliphatic carbocycles. The standard InChI is InChI=1S/C37H18BF14P/c1-38(20-23(39)29(45)33(49)30(46)24(20)40,21-25(41)31(47)34(50)32(48)26(21)42)22-27(43)35(51)37(36(52)28(22)44)53(17-11-5-2-6-12-17,18-13-7-3-8-14-18)19-15-9-4-10-16-19/h2-16H,1H3. The van der Waals surface area contributed by atoms with E-state index >= 15 is 35.1 Å². The van der Waals surface area contributed by atoms with Crippen molar-refractivity contribution in [3.63, 3.8) is 0 Å². The lowest BCUT2D eigenvalue weighted by Gasteiger charge is -2.40. The van der Waals surface area contributed by atoms with Gasteiger partial charge in [0.05, 0.1) is 0 Å². The third-order valence-electron chi connectivity index (χ3n) is 9.26. The lowest BCUT2D eigenvalue weighted by molar-refractivity contribution is 0.381. The van der Waals surface area contributed by atoms with Gasteiger partial charge in [-0.2, -0.15) is 15.6 Å². The maximum absolute atomic E-state index is 17.1. The van der Waals surface area contributed by atoms with Crippen LogP contribution in [0.2, 0.25) is 6.82 Å². The molecular formula is C37H18BF14P. The van der Waals surface area contributed by atoms with Crippen LogP contribution in [-0.4, -0.2) is 6.15 Å². The van der Waals surface area contributed by atoms with Crippen molar-refractivity contribution in [3.8, 4) is 0 Å². The minimum atomic E-state index is -5.45. The number of benzene rings is 6. The summed E-state index contributed by atoms with van der Waals surface area (Å²) in [6.45, 7) is -0.0510. The molecule has 0 fully saturated rings. The molecule has 0 nitrogen and oxygen atoms in total. The fraction of sp³-hybridized carbons (Fsp3) is 0.0270. The van der Waals surface area contributed by atoms with E-state index in [0.717, 1.165) is 0 Å². The second kappa shape index (κ2) is 13.7. The average molecular weight is 770 g/mol. The molecule has 0 atom stereocenters. The summed E-state index contributed by atoms with van der Waals surface area (Å²) in [4.78, 5) is 0. The Morgan fingerprint density at radius 2 is 0.509 bits per heavy atom. The Balaban J connectivity index is 1.88. The number of hydrogen-bond acceptors (Lipinski definition) is 0. The van der Waals surface area contributed by atoms with Gasteiger partial charge in [-0.15, -0.1) is 16.4 Å². The van der Waals surface area contributed by atoms with E-state index in [0.29, 0.717) is 0 Å². The summed E-state index contributed by atoms with van der Waals surface area (Å²) in [6, 6.07) is 21.3. The van der Waals surface area contributed by atoms with Gasteiger partial charge in [0, 0.05) is 0 Å². The van der Waals surface area contributed by atoms with Crippen LogP contribution in [0.15, 0.2) is 91.0 Å². The zero-order valence-corrected chi connectivity index (χ0v) is 27.4. The van der Waals surface area contributed by atoms with Crippen molar-refractivity contribution < 1.29 is 61.5 Å². The maximum Gasteiger partial charge on any atom is 0.201 e. The molecule has 53 heavy (non-hydrogen) atoms. The molecule has 272 valence electrons. The molecular weight excluding hydrogens is 752 g/mol. The van der Waals surface area contributed by atoms with E-state index in [1.165, 1.54) is 91.0 Å². The van der Waals surface area contributed by atoms with E-state index in [2.05, 4.69) is 0 Å². The van der Waals surface area contributed by atoms with Crippen molar-refractivity contribution in [2.24, 2.45) is 0 Å². The fourth-order valence-electron chi connectivity index (χ4n) is 6.92. The van der Waals surface area contributed by atoms with E-state index in [1.54, 1.807) is 0 Å². The minimum Gasteiger partial charge on any atom is -0.207 e. The molecule has 0 amide bonds. The molecule has 0 N–H and O–H groups in total. The Bertz CT molecular complexity index is 2150. The van der Waals surface area contributed by atoms with Crippen molar-refractivity contribution >= 4 is 51.0 Å². The molecule has 6 aromatic rings. The number of hydrogen-bond donors (Lipinski definition) is 0. The van der Waals surface area contributed by atoms with E-state index in [4.69, 9.17) is 0 Å². The first-order valence-electron chi connectivity index (χ1n) is 15.2. The van der Waals surface area contributed by atoms with Crippen LogP contribution in [0.4, 0.5) is 61.5 Å². The Morgan fingerprint density at radius 3 is 0.755 bits per heavy atom. The molecule has 0 bridgehead atoms. The van der Waals surface area contributed by atoms with Crippen LogP contribution in [-0.2, 0) is 0 Å². The van der Waals surface area contributed by atoms with Crippen LogP contribution in [0.25, 0.3) is 0 Å². The summed E-state index contributed by atoms with van der Waals surface area (Å²) in [5.74, 6) is -39.6. The summed E-state index contributed by atoms with van der Waals surface area (Å²) in [5, 5.41) is -1.17. The summed E-state index contributed by atoms with van der Waals surface area (Å²) in [6.07, 6.45) is -5.45. The van der Waals surface area contributed by atoms with E-state index in [-0.39, 0.29) is 22.7 Å². The Morgan fingerprint density at radius 1 is 0.302 bits per heavy atom. The third kappa shape index (κ3) is 5.34. The van der Waals surface area contributed by atoms with Crippen LogP contribution >= 0.6 is 7.26 Å². The van der Waals surface area contributed by atoms with Crippen LogP contribution in [0.1, 0.15) is 0 Å². The molecule has 0 aromatic heterocycles. The smallest absolute Gasteiger partial charge is 0.201 e. The molecule has 0 radical (unpaired) electrons. The van der Waals surface area contributed by atoms with Gasteiger partial charge in [-0.1, -0.05) is 54.6 Å². The molecule has 16 heteroatoms. The van der Waals surface area contributed by atoms with Gasteiger partial charge in [-0.3, -0.25) is 0 Å². The Labute approximate surface area is 291 Å². The molecule has 0 heterocycles. The second-order valence-electron chi connectivity index (χ2n) is 12.0. The zero-order valence-electron chi connectivity index (χ0n) is 26.5. The molecule has 0 unspecified atom stereocenters. The van der Waals surface area contributed by atoms with Crippen molar-refractivity contribution in [2.45, 2.75) is 6.82 Å². The van der Waals surface area contributed by atoms with Crippen LogP contribution < -0.4 is 37.6 Å². The zero-order chi connectivity index (χ0) is 38.7. The normalized spacial score (nSPS) is 12.1. The van der Waals surface area contributed by atoms with E-state index < -0.39 is 117 Å². The van der Waals surface area contributed by atoms with Crippen LogP contribution in [0.3, 0.4) is 0 Å². The summed E-state index contributed by atoms with van der Waals surface area (Å²) in [7, 11) is -4.19. The fourth-order valence-corrected chi connectivity index (χ4v) is 11.2. The number of halogens is 14. The van der Waals surface area contributed by atoms with Crippen LogP contribution in [0.5, 0.6) is 0 Å². The van der Waals surface area contributed by atoms with E-state index in [9.17, 15) is 26.3 Å². The Hall–Kier alpha value is -5.17. The molecule has 0 aliphatic heterocycles. The van der Waals surface area contributed by atoms with Gasteiger partial charge in [0.15, 0.2) is 47.5 Å². The van der Waals surface area contributed by atoms with E-state index in [1.807, 2.05) is 0 Å². The largest absolute Gasteiger partial charge is 0.207 e.